The molecule has 6 heteroatoms. The van der Waals surface area contributed by atoms with Crippen LogP contribution in [-0.2, 0) is 4.74 Å². The van der Waals surface area contributed by atoms with Crippen LogP contribution in [0.4, 0.5) is 5.69 Å². The first-order valence-electron chi connectivity index (χ1n) is 5.75. The van der Waals surface area contributed by atoms with Crippen molar-refractivity contribution in [3.05, 3.63) is 28.2 Å². The SMILES string of the molecule is CCN(CC1COC(N)=N1)c1cc(Cl)cc(Cl)c1. The second-order valence-corrected chi connectivity index (χ2v) is 4.97. The first-order valence-corrected chi connectivity index (χ1v) is 6.51. The van der Waals surface area contributed by atoms with Crippen molar-refractivity contribution < 1.29 is 4.74 Å². The van der Waals surface area contributed by atoms with Gasteiger partial charge in [0.15, 0.2) is 0 Å². The van der Waals surface area contributed by atoms with Gasteiger partial charge in [0.25, 0.3) is 6.02 Å². The van der Waals surface area contributed by atoms with Gasteiger partial charge in [-0.2, -0.15) is 0 Å². The molecule has 0 radical (unpaired) electrons. The predicted molar refractivity (Wildman–Crippen MR) is 75.7 cm³/mol. The molecule has 98 valence electrons. The molecule has 0 aromatic heterocycles. The number of anilines is 1. The molecule has 0 fully saturated rings. The number of likely N-dealkylation sites (N-methyl/N-ethyl adjacent to an activating group) is 1. The van der Waals surface area contributed by atoms with Crippen molar-refractivity contribution in [2.24, 2.45) is 10.7 Å². The van der Waals surface area contributed by atoms with Gasteiger partial charge in [0.2, 0.25) is 0 Å². The van der Waals surface area contributed by atoms with Crippen molar-refractivity contribution in [3.8, 4) is 0 Å². The van der Waals surface area contributed by atoms with E-state index >= 15 is 0 Å². The first kappa shape index (κ1) is 13.3. The summed E-state index contributed by atoms with van der Waals surface area (Å²) in [5, 5.41) is 1.25. The third kappa shape index (κ3) is 3.21. The standard InChI is InChI=1S/C12H15Cl2N3O/c1-2-17(6-10-7-18-12(15)16-10)11-4-8(13)3-9(14)5-11/h3-5,10H,2,6-7H2,1H3,(H2,15,16). The average molecular weight is 288 g/mol. The number of hydrogen-bond donors (Lipinski definition) is 1. The summed E-state index contributed by atoms with van der Waals surface area (Å²) in [6.45, 7) is 4.16. The number of amidine groups is 1. The second kappa shape index (κ2) is 5.67. The van der Waals surface area contributed by atoms with Crippen LogP contribution >= 0.6 is 23.2 Å². The van der Waals surface area contributed by atoms with Gasteiger partial charge in [-0.3, -0.25) is 0 Å². The summed E-state index contributed by atoms with van der Waals surface area (Å²) in [6.07, 6.45) is 0. The molecule has 0 spiro atoms. The first-order chi connectivity index (χ1) is 8.58. The van der Waals surface area contributed by atoms with Gasteiger partial charge in [0, 0.05) is 28.8 Å². The van der Waals surface area contributed by atoms with Gasteiger partial charge in [-0.05, 0) is 25.1 Å². The molecule has 1 aliphatic heterocycles. The molecule has 1 unspecified atom stereocenters. The summed E-state index contributed by atoms with van der Waals surface area (Å²) in [7, 11) is 0. The Morgan fingerprint density at radius 1 is 1.39 bits per heavy atom. The molecule has 18 heavy (non-hydrogen) atoms. The van der Waals surface area contributed by atoms with Gasteiger partial charge >= 0.3 is 0 Å². The fraction of sp³-hybridized carbons (Fsp3) is 0.417. The van der Waals surface area contributed by atoms with E-state index in [0.29, 0.717) is 16.7 Å². The minimum absolute atomic E-state index is 0.0581. The molecule has 0 bridgehead atoms. The van der Waals surface area contributed by atoms with Gasteiger partial charge in [0.1, 0.15) is 12.6 Å². The van der Waals surface area contributed by atoms with Gasteiger partial charge in [-0.25, -0.2) is 4.99 Å². The maximum Gasteiger partial charge on any atom is 0.282 e. The predicted octanol–water partition coefficient (Wildman–Crippen LogP) is 2.53. The zero-order chi connectivity index (χ0) is 13.1. The maximum atomic E-state index is 6.01. The molecule has 1 aromatic rings. The highest BCUT2D eigenvalue weighted by molar-refractivity contribution is 6.35. The van der Waals surface area contributed by atoms with E-state index in [-0.39, 0.29) is 12.1 Å². The Hall–Kier alpha value is -1.13. The Morgan fingerprint density at radius 2 is 2.06 bits per heavy atom. The van der Waals surface area contributed by atoms with Crippen LogP contribution in [0.5, 0.6) is 0 Å². The zero-order valence-corrected chi connectivity index (χ0v) is 11.6. The summed E-state index contributed by atoms with van der Waals surface area (Å²) in [6, 6.07) is 5.82. The van der Waals surface area contributed by atoms with Crippen molar-refractivity contribution in [2.75, 3.05) is 24.6 Å². The summed E-state index contributed by atoms with van der Waals surface area (Å²) in [4.78, 5) is 6.36. The zero-order valence-electron chi connectivity index (χ0n) is 10.1. The smallest absolute Gasteiger partial charge is 0.282 e. The Labute approximate surface area is 116 Å². The van der Waals surface area contributed by atoms with Crippen molar-refractivity contribution in [1.29, 1.82) is 0 Å². The minimum atomic E-state index is 0.0581. The molecule has 4 nitrogen and oxygen atoms in total. The van der Waals surface area contributed by atoms with Crippen LogP contribution < -0.4 is 10.6 Å². The lowest BCUT2D eigenvalue weighted by Gasteiger charge is -2.25. The van der Waals surface area contributed by atoms with Crippen molar-refractivity contribution >= 4 is 34.9 Å². The van der Waals surface area contributed by atoms with Crippen LogP contribution in [0.2, 0.25) is 10.0 Å². The molecular weight excluding hydrogens is 273 g/mol. The van der Waals surface area contributed by atoms with Crippen molar-refractivity contribution in [1.82, 2.24) is 0 Å². The highest BCUT2D eigenvalue weighted by Gasteiger charge is 2.20. The van der Waals surface area contributed by atoms with E-state index in [1.54, 1.807) is 6.07 Å². The monoisotopic (exact) mass is 287 g/mol. The fourth-order valence-electron chi connectivity index (χ4n) is 1.92. The fourth-order valence-corrected chi connectivity index (χ4v) is 2.44. The van der Waals surface area contributed by atoms with Gasteiger partial charge < -0.3 is 15.4 Å². The maximum absolute atomic E-state index is 6.01. The number of rotatable bonds is 4. The van der Waals surface area contributed by atoms with Gasteiger partial charge in [-0.15, -0.1) is 0 Å². The van der Waals surface area contributed by atoms with Crippen molar-refractivity contribution in [2.45, 2.75) is 13.0 Å². The number of ether oxygens (including phenoxy) is 1. The van der Waals surface area contributed by atoms with Gasteiger partial charge in [0.05, 0.1) is 0 Å². The number of benzene rings is 1. The summed E-state index contributed by atoms with van der Waals surface area (Å²) >= 11 is 12.0. The number of hydrogen-bond acceptors (Lipinski definition) is 4. The Kier molecular flexibility index (Phi) is 4.19. The lowest BCUT2D eigenvalue weighted by Crippen LogP contribution is -2.32. The van der Waals surface area contributed by atoms with Crippen molar-refractivity contribution in [3.63, 3.8) is 0 Å². The van der Waals surface area contributed by atoms with Crippen LogP contribution in [0.15, 0.2) is 23.2 Å². The average Bonchev–Trinajstić information content (AvgIpc) is 2.70. The molecule has 2 rings (SSSR count). The summed E-state index contributed by atoms with van der Waals surface area (Å²) < 4.78 is 5.14. The molecular formula is C12H15Cl2N3O. The van der Waals surface area contributed by atoms with E-state index in [0.717, 1.165) is 18.8 Å². The molecule has 0 amide bonds. The minimum Gasteiger partial charge on any atom is -0.463 e. The van der Waals surface area contributed by atoms with E-state index in [2.05, 4.69) is 16.8 Å². The highest BCUT2D eigenvalue weighted by atomic mass is 35.5. The van der Waals surface area contributed by atoms with Crippen LogP contribution in [0.3, 0.4) is 0 Å². The third-order valence-corrected chi connectivity index (χ3v) is 3.20. The van der Waals surface area contributed by atoms with Crippen LogP contribution in [0.1, 0.15) is 6.92 Å². The molecule has 0 saturated heterocycles. The number of nitrogens with zero attached hydrogens (tertiary/aromatic N) is 2. The summed E-state index contributed by atoms with van der Waals surface area (Å²) in [5.74, 6) is 0. The largest absolute Gasteiger partial charge is 0.463 e. The van der Waals surface area contributed by atoms with Gasteiger partial charge in [-0.1, -0.05) is 23.2 Å². The molecule has 0 saturated carbocycles. The highest BCUT2D eigenvalue weighted by Crippen LogP contribution is 2.26. The topological polar surface area (TPSA) is 50.9 Å². The number of aliphatic imine (C=N–C) groups is 1. The van der Waals surface area contributed by atoms with E-state index in [9.17, 15) is 0 Å². The molecule has 1 aliphatic rings. The van der Waals surface area contributed by atoms with Crippen LogP contribution in [-0.4, -0.2) is 31.8 Å². The number of nitrogens with two attached hydrogens (primary N) is 1. The van der Waals surface area contributed by atoms with E-state index in [4.69, 9.17) is 33.7 Å². The quantitative estimate of drug-likeness (QED) is 0.926. The van der Waals surface area contributed by atoms with Crippen LogP contribution in [0.25, 0.3) is 0 Å². The van der Waals surface area contributed by atoms with E-state index in [1.807, 2.05) is 12.1 Å². The molecule has 1 aromatic carbocycles. The Balaban J connectivity index is 2.12. The summed E-state index contributed by atoms with van der Waals surface area (Å²) in [5.41, 5.74) is 6.48. The third-order valence-electron chi connectivity index (χ3n) is 2.76. The Bertz CT molecular complexity index is 444. The number of halogens is 2. The normalized spacial score (nSPS) is 18.4. The van der Waals surface area contributed by atoms with Crippen LogP contribution in [0, 0.1) is 0 Å². The second-order valence-electron chi connectivity index (χ2n) is 4.10. The van der Waals surface area contributed by atoms with E-state index in [1.165, 1.54) is 0 Å². The lowest BCUT2D eigenvalue weighted by molar-refractivity contribution is 0.313. The molecule has 1 heterocycles. The molecule has 0 aliphatic carbocycles. The molecule has 2 N–H and O–H groups in total. The van der Waals surface area contributed by atoms with E-state index < -0.39 is 0 Å². The lowest BCUT2D eigenvalue weighted by atomic mass is 10.2. The molecule has 1 atom stereocenters. The Morgan fingerprint density at radius 3 is 2.56 bits per heavy atom.